The number of fused-ring (bicyclic) bond motifs is 2. The van der Waals surface area contributed by atoms with Crippen LogP contribution in [0.15, 0.2) is 58.8 Å². The minimum absolute atomic E-state index is 0.103. The van der Waals surface area contributed by atoms with E-state index in [1.54, 1.807) is 24.3 Å². The van der Waals surface area contributed by atoms with Gasteiger partial charge >= 0.3 is 5.97 Å². The average Bonchev–Trinajstić information content (AvgIpc) is 3.45. The number of rotatable bonds is 8. The third kappa shape index (κ3) is 5.59. The fraction of sp³-hybridized carbons (Fsp3) is 0.462. The van der Waals surface area contributed by atoms with E-state index >= 15 is 0 Å². The molecule has 2 aromatic carbocycles. The summed E-state index contributed by atoms with van der Waals surface area (Å²) in [5, 5.41) is 11.5. The first-order valence-corrected chi connectivity index (χ1v) is 11.7. The van der Waals surface area contributed by atoms with Crippen LogP contribution >= 0.6 is 0 Å². The maximum atomic E-state index is 12.6. The lowest BCUT2D eigenvalue weighted by molar-refractivity contribution is -0.125. The van der Waals surface area contributed by atoms with Gasteiger partial charge in [-0.25, -0.2) is 4.79 Å². The molecule has 2 fully saturated rings. The number of carbonyl (C=O) groups is 2. The van der Waals surface area contributed by atoms with Gasteiger partial charge in [-0.2, -0.15) is 5.11 Å². The topological polar surface area (TPSA) is 83.4 Å². The SMILES string of the molecule is C[C@H](NC(=O)COC(=O)c1ccccc1N=Nc1ccc(N(C)C)cc1)[C@H]1C[C@H]2CC[C@H]1C2. The maximum Gasteiger partial charge on any atom is 0.340 e. The number of hydrogen-bond donors (Lipinski definition) is 1. The third-order valence-electron chi connectivity index (χ3n) is 6.92. The van der Waals surface area contributed by atoms with E-state index in [0.717, 1.165) is 17.5 Å². The second-order valence-electron chi connectivity index (χ2n) is 9.40. The second kappa shape index (κ2) is 10.1. The molecule has 1 N–H and O–H groups in total. The Kier molecular flexibility index (Phi) is 7.06. The second-order valence-corrected chi connectivity index (χ2v) is 9.40. The number of azo groups is 1. The van der Waals surface area contributed by atoms with E-state index in [1.165, 1.54) is 25.7 Å². The molecule has 2 saturated carbocycles. The molecule has 0 aromatic heterocycles. The zero-order chi connectivity index (χ0) is 23.4. The molecule has 33 heavy (non-hydrogen) atoms. The van der Waals surface area contributed by atoms with E-state index in [-0.39, 0.29) is 24.1 Å². The van der Waals surface area contributed by atoms with Gasteiger partial charge in [-0.1, -0.05) is 18.6 Å². The Morgan fingerprint density at radius 3 is 2.48 bits per heavy atom. The van der Waals surface area contributed by atoms with E-state index in [1.807, 2.05) is 43.3 Å². The van der Waals surface area contributed by atoms with Crippen LogP contribution in [0.3, 0.4) is 0 Å². The largest absolute Gasteiger partial charge is 0.452 e. The van der Waals surface area contributed by atoms with Crippen LogP contribution in [0.2, 0.25) is 0 Å². The van der Waals surface area contributed by atoms with E-state index in [0.29, 0.717) is 17.3 Å². The van der Waals surface area contributed by atoms with Crippen LogP contribution in [0.4, 0.5) is 17.1 Å². The Morgan fingerprint density at radius 2 is 1.82 bits per heavy atom. The van der Waals surface area contributed by atoms with E-state index in [9.17, 15) is 9.59 Å². The molecule has 0 spiro atoms. The highest BCUT2D eigenvalue weighted by molar-refractivity contribution is 5.96. The summed E-state index contributed by atoms with van der Waals surface area (Å²) in [6.07, 6.45) is 5.10. The molecule has 2 aromatic rings. The van der Waals surface area contributed by atoms with Crippen molar-refractivity contribution in [3.05, 3.63) is 54.1 Å². The monoisotopic (exact) mass is 448 g/mol. The molecule has 2 aliphatic rings. The number of hydrogen-bond acceptors (Lipinski definition) is 6. The van der Waals surface area contributed by atoms with Gasteiger partial charge in [0.25, 0.3) is 5.91 Å². The zero-order valence-electron chi connectivity index (χ0n) is 19.5. The average molecular weight is 449 g/mol. The molecular formula is C26H32N4O3. The summed E-state index contributed by atoms with van der Waals surface area (Å²) in [6, 6.07) is 14.6. The van der Waals surface area contributed by atoms with Crippen LogP contribution in [0.5, 0.6) is 0 Å². The number of esters is 1. The molecule has 0 radical (unpaired) electrons. The van der Waals surface area contributed by atoms with Gasteiger partial charge < -0.3 is 15.0 Å². The highest BCUT2D eigenvalue weighted by Gasteiger charge is 2.42. The van der Waals surface area contributed by atoms with Gasteiger partial charge in [-0.05, 0) is 80.3 Å². The first kappa shape index (κ1) is 23.0. The van der Waals surface area contributed by atoms with Gasteiger partial charge in [0.05, 0.1) is 11.3 Å². The Balaban J connectivity index is 1.32. The van der Waals surface area contributed by atoms with Gasteiger partial charge in [0.2, 0.25) is 0 Å². The van der Waals surface area contributed by atoms with Crippen LogP contribution in [-0.2, 0) is 9.53 Å². The molecule has 0 heterocycles. The Hall–Kier alpha value is -3.22. The smallest absolute Gasteiger partial charge is 0.340 e. The summed E-state index contributed by atoms with van der Waals surface area (Å²) in [5.41, 5.74) is 2.42. The number of benzene rings is 2. The van der Waals surface area contributed by atoms with Crippen LogP contribution in [0, 0.1) is 17.8 Å². The number of anilines is 1. The summed E-state index contributed by atoms with van der Waals surface area (Å²) in [7, 11) is 3.94. The lowest BCUT2D eigenvalue weighted by Gasteiger charge is -2.28. The molecule has 0 unspecified atom stereocenters. The van der Waals surface area contributed by atoms with Crippen molar-refractivity contribution >= 4 is 28.9 Å². The predicted octanol–water partition coefficient (Wildman–Crippen LogP) is 5.27. The molecule has 1 amide bonds. The van der Waals surface area contributed by atoms with Gasteiger partial charge in [-0.15, -0.1) is 5.11 Å². The van der Waals surface area contributed by atoms with Crippen molar-refractivity contribution < 1.29 is 14.3 Å². The van der Waals surface area contributed by atoms with Crippen molar-refractivity contribution in [2.75, 3.05) is 25.6 Å². The molecule has 2 aliphatic carbocycles. The fourth-order valence-corrected chi connectivity index (χ4v) is 5.18. The minimum Gasteiger partial charge on any atom is -0.452 e. The van der Waals surface area contributed by atoms with E-state index < -0.39 is 5.97 Å². The van der Waals surface area contributed by atoms with Gasteiger partial charge in [-0.3, -0.25) is 4.79 Å². The van der Waals surface area contributed by atoms with Gasteiger partial charge in [0.1, 0.15) is 5.69 Å². The standard InChI is InChI=1S/C26H32N4O3/c1-17(23-15-18-8-9-19(23)14-18)27-25(31)16-33-26(32)22-6-4-5-7-24(22)29-28-20-10-12-21(13-11-20)30(2)3/h4-7,10-13,17-19,23H,8-9,14-16H2,1-3H3,(H,27,31)/t17-,18-,19-,23+/m0/s1. The number of nitrogens with zero attached hydrogens (tertiary/aromatic N) is 3. The van der Waals surface area contributed by atoms with Crippen molar-refractivity contribution in [3.63, 3.8) is 0 Å². The molecule has 0 aliphatic heterocycles. The summed E-state index contributed by atoms with van der Waals surface area (Å²) in [6.45, 7) is 1.76. The summed E-state index contributed by atoms with van der Waals surface area (Å²) >= 11 is 0. The molecule has 4 rings (SSSR count). The first-order chi connectivity index (χ1) is 15.9. The molecule has 2 bridgehead atoms. The fourth-order valence-electron chi connectivity index (χ4n) is 5.18. The quantitative estimate of drug-likeness (QED) is 0.441. The maximum absolute atomic E-state index is 12.6. The highest BCUT2D eigenvalue weighted by atomic mass is 16.5. The van der Waals surface area contributed by atoms with Crippen molar-refractivity contribution in [1.82, 2.24) is 5.32 Å². The molecule has 174 valence electrons. The Morgan fingerprint density at radius 1 is 1.06 bits per heavy atom. The van der Waals surface area contributed by atoms with Crippen molar-refractivity contribution in [3.8, 4) is 0 Å². The van der Waals surface area contributed by atoms with Gasteiger partial charge in [0, 0.05) is 25.8 Å². The lowest BCUT2D eigenvalue weighted by atomic mass is 9.84. The number of amides is 1. The van der Waals surface area contributed by atoms with E-state index in [4.69, 9.17) is 4.74 Å². The minimum atomic E-state index is -0.588. The van der Waals surface area contributed by atoms with Crippen molar-refractivity contribution in [2.45, 2.75) is 38.6 Å². The normalized spacial score (nSPS) is 22.3. The zero-order valence-corrected chi connectivity index (χ0v) is 19.5. The van der Waals surface area contributed by atoms with Gasteiger partial charge in [0.15, 0.2) is 6.61 Å². The summed E-state index contributed by atoms with van der Waals surface area (Å²) < 4.78 is 5.29. The number of carbonyl (C=O) groups excluding carboxylic acids is 2. The highest BCUT2D eigenvalue weighted by Crippen LogP contribution is 2.49. The predicted molar refractivity (Wildman–Crippen MR) is 128 cm³/mol. The molecule has 4 atom stereocenters. The third-order valence-corrected chi connectivity index (χ3v) is 6.92. The first-order valence-electron chi connectivity index (χ1n) is 11.7. The molecular weight excluding hydrogens is 416 g/mol. The Bertz CT molecular complexity index is 1020. The van der Waals surface area contributed by atoms with Crippen LogP contribution in [0.1, 0.15) is 43.0 Å². The summed E-state index contributed by atoms with van der Waals surface area (Å²) in [4.78, 5) is 27.0. The van der Waals surface area contributed by atoms with Crippen LogP contribution in [-0.4, -0.2) is 38.6 Å². The van der Waals surface area contributed by atoms with Crippen molar-refractivity contribution in [2.24, 2.45) is 28.0 Å². The van der Waals surface area contributed by atoms with Crippen LogP contribution < -0.4 is 10.2 Å². The lowest BCUT2D eigenvalue weighted by Crippen LogP contribution is -2.42. The molecule has 0 saturated heterocycles. The van der Waals surface area contributed by atoms with E-state index in [2.05, 4.69) is 22.5 Å². The molecule has 7 heteroatoms. The van der Waals surface area contributed by atoms with Crippen LogP contribution in [0.25, 0.3) is 0 Å². The Labute approximate surface area is 195 Å². The van der Waals surface area contributed by atoms with Crippen molar-refractivity contribution in [1.29, 1.82) is 0 Å². The number of nitrogens with one attached hydrogen (secondary N) is 1. The number of ether oxygens (including phenoxy) is 1. The molecule has 7 nitrogen and oxygen atoms in total. The summed E-state index contributed by atoms with van der Waals surface area (Å²) in [5.74, 6) is 1.24.